The molecule has 0 saturated carbocycles. The Balaban J connectivity index is 2.59. The minimum atomic E-state index is -2.74. The summed E-state index contributed by atoms with van der Waals surface area (Å²) in [6.07, 6.45) is 0. The van der Waals surface area contributed by atoms with Crippen LogP contribution in [0.4, 0.5) is 0 Å². The van der Waals surface area contributed by atoms with Gasteiger partial charge in [-0.2, -0.15) is 0 Å². The van der Waals surface area contributed by atoms with Gasteiger partial charge in [-0.15, -0.1) is 0 Å². The predicted octanol–water partition coefficient (Wildman–Crippen LogP) is 1.15. The lowest BCUT2D eigenvalue weighted by atomic mass is 9.87. The zero-order chi connectivity index (χ0) is 11.0. The van der Waals surface area contributed by atoms with E-state index in [2.05, 4.69) is 32.6 Å². The van der Waals surface area contributed by atoms with E-state index in [1.54, 1.807) is 0 Å². The van der Waals surface area contributed by atoms with E-state index in [9.17, 15) is 8.42 Å². The lowest BCUT2D eigenvalue weighted by molar-refractivity contribution is 0.122. The average Bonchev–Trinajstić information content (AvgIpc) is 2.01. The highest BCUT2D eigenvalue weighted by molar-refractivity contribution is 7.91. The molecule has 4 heteroatoms. The largest absolute Gasteiger partial charge is 0.298 e. The van der Waals surface area contributed by atoms with E-state index in [0.29, 0.717) is 30.6 Å². The lowest BCUT2D eigenvalue weighted by Crippen LogP contribution is -2.49. The molecule has 0 bridgehead atoms. The molecule has 1 saturated heterocycles. The van der Waals surface area contributed by atoms with Gasteiger partial charge in [0.2, 0.25) is 0 Å². The second-order valence-corrected chi connectivity index (χ2v) is 7.53. The van der Waals surface area contributed by atoms with Crippen molar-refractivity contribution in [2.24, 2.45) is 5.41 Å². The number of hydrogen-bond donors (Lipinski definition) is 0. The average molecular weight is 219 g/mol. The summed E-state index contributed by atoms with van der Waals surface area (Å²) in [4.78, 5) is 2.28. The zero-order valence-electron chi connectivity index (χ0n) is 9.58. The highest BCUT2D eigenvalue weighted by atomic mass is 32.2. The molecule has 1 fully saturated rings. The van der Waals surface area contributed by atoms with E-state index in [-0.39, 0.29) is 5.41 Å². The van der Waals surface area contributed by atoms with E-state index in [0.717, 1.165) is 0 Å². The van der Waals surface area contributed by atoms with Crippen molar-refractivity contribution in [3.05, 3.63) is 0 Å². The quantitative estimate of drug-likeness (QED) is 0.664. The van der Waals surface area contributed by atoms with Crippen molar-refractivity contribution in [2.75, 3.05) is 24.6 Å². The third-order valence-electron chi connectivity index (χ3n) is 3.18. The van der Waals surface area contributed by atoms with Gasteiger partial charge in [-0.3, -0.25) is 4.90 Å². The first-order chi connectivity index (χ1) is 6.22. The topological polar surface area (TPSA) is 37.4 Å². The molecule has 0 aliphatic carbocycles. The maximum atomic E-state index is 11.2. The molecule has 0 unspecified atom stereocenters. The molecule has 1 aliphatic heterocycles. The minimum Gasteiger partial charge on any atom is -0.298 e. The third kappa shape index (κ3) is 2.95. The fourth-order valence-corrected chi connectivity index (χ4v) is 2.89. The third-order valence-corrected chi connectivity index (χ3v) is 4.79. The number of rotatable bonds is 1. The standard InChI is InChI=1S/C10H21NO2S/c1-9(10(2,3)4)11-5-7-14(12,13)8-6-11/h9H,5-8H2,1-4H3/t9-/m0/s1. The van der Waals surface area contributed by atoms with E-state index in [4.69, 9.17) is 0 Å². The van der Waals surface area contributed by atoms with Gasteiger partial charge in [-0.05, 0) is 12.3 Å². The molecule has 1 rings (SSSR count). The summed E-state index contributed by atoms with van der Waals surface area (Å²) >= 11 is 0. The molecule has 0 aromatic carbocycles. The van der Waals surface area contributed by atoms with Gasteiger partial charge in [0.05, 0.1) is 11.5 Å². The molecule has 3 nitrogen and oxygen atoms in total. The van der Waals surface area contributed by atoms with Gasteiger partial charge in [-0.25, -0.2) is 8.42 Å². The SMILES string of the molecule is C[C@H](N1CCS(=O)(=O)CC1)C(C)(C)C. The summed E-state index contributed by atoms with van der Waals surface area (Å²) in [7, 11) is -2.74. The summed E-state index contributed by atoms with van der Waals surface area (Å²) in [5.41, 5.74) is 0.223. The summed E-state index contributed by atoms with van der Waals surface area (Å²) in [5.74, 6) is 0.654. The van der Waals surface area contributed by atoms with Crippen molar-refractivity contribution in [3.8, 4) is 0 Å². The highest BCUT2D eigenvalue weighted by Crippen LogP contribution is 2.24. The van der Waals surface area contributed by atoms with Crippen LogP contribution >= 0.6 is 0 Å². The van der Waals surface area contributed by atoms with E-state index >= 15 is 0 Å². The molecule has 1 aliphatic rings. The Bertz CT molecular complexity index is 276. The summed E-state index contributed by atoms with van der Waals surface area (Å²) in [6, 6.07) is 0.443. The van der Waals surface area contributed by atoms with Crippen molar-refractivity contribution >= 4 is 9.84 Å². The van der Waals surface area contributed by atoms with Crippen LogP contribution in [0.1, 0.15) is 27.7 Å². The number of hydrogen-bond acceptors (Lipinski definition) is 3. The molecule has 14 heavy (non-hydrogen) atoms. The van der Waals surface area contributed by atoms with Crippen molar-refractivity contribution in [1.29, 1.82) is 0 Å². The van der Waals surface area contributed by atoms with E-state index in [1.807, 2.05) is 0 Å². The molecule has 0 aromatic heterocycles. The van der Waals surface area contributed by atoms with Crippen LogP contribution in [0, 0.1) is 5.41 Å². The Morgan fingerprint density at radius 2 is 1.57 bits per heavy atom. The maximum absolute atomic E-state index is 11.2. The van der Waals surface area contributed by atoms with Crippen LogP contribution in [-0.2, 0) is 9.84 Å². The molecule has 0 radical (unpaired) electrons. The van der Waals surface area contributed by atoms with Crippen LogP contribution in [0.3, 0.4) is 0 Å². The van der Waals surface area contributed by atoms with Crippen molar-refractivity contribution < 1.29 is 8.42 Å². The monoisotopic (exact) mass is 219 g/mol. The van der Waals surface area contributed by atoms with E-state index < -0.39 is 9.84 Å². The van der Waals surface area contributed by atoms with Crippen molar-refractivity contribution in [3.63, 3.8) is 0 Å². The summed E-state index contributed by atoms with van der Waals surface area (Å²) in [6.45, 7) is 10.2. The van der Waals surface area contributed by atoms with Crippen LogP contribution in [0.5, 0.6) is 0 Å². The second kappa shape index (κ2) is 3.81. The van der Waals surface area contributed by atoms with Gasteiger partial charge in [-0.1, -0.05) is 20.8 Å². The first-order valence-corrected chi connectivity index (χ1v) is 6.99. The van der Waals surface area contributed by atoms with Gasteiger partial charge >= 0.3 is 0 Å². The van der Waals surface area contributed by atoms with Gasteiger partial charge in [0.1, 0.15) is 0 Å². The van der Waals surface area contributed by atoms with Gasteiger partial charge in [0.15, 0.2) is 9.84 Å². The molecular weight excluding hydrogens is 198 g/mol. The normalized spacial score (nSPS) is 26.0. The first kappa shape index (κ1) is 12.0. The van der Waals surface area contributed by atoms with Gasteiger partial charge in [0.25, 0.3) is 0 Å². The smallest absolute Gasteiger partial charge is 0.152 e. The molecule has 1 heterocycles. The Hall–Kier alpha value is -0.0900. The van der Waals surface area contributed by atoms with E-state index in [1.165, 1.54) is 0 Å². The fourth-order valence-electron chi connectivity index (χ4n) is 1.66. The van der Waals surface area contributed by atoms with Gasteiger partial charge < -0.3 is 0 Å². The van der Waals surface area contributed by atoms with Crippen LogP contribution < -0.4 is 0 Å². The van der Waals surface area contributed by atoms with Crippen LogP contribution in [0.2, 0.25) is 0 Å². The summed E-state index contributed by atoms with van der Waals surface area (Å²) < 4.78 is 22.5. The minimum absolute atomic E-state index is 0.223. The molecule has 0 amide bonds. The van der Waals surface area contributed by atoms with Crippen LogP contribution in [-0.4, -0.2) is 44.0 Å². The first-order valence-electron chi connectivity index (χ1n) is 5.17. The van der Waals surface area contributed by atoms with Gasteiger partial charge in [0, 0.05) is 19.1 Å². The Morgan fingerprint density at radius 1 is 1.14 bits per heavy atom. The maximum Gasteiger partial charge on any atom is 0.152 e. The molecule has 1 atom stereocenters. The predicted molar refractivity (Wildman–Crippen MR) is 59.1 cm³/mol. The highest BCUT2D eigenvalue weighted by Gasteiger charge is 2.30. The lowest BCUT2D eigenvalue weighted by Gasteiger charge is -2.39. The Kier molecular flexibility index (Phi) is 3.26. The Labute approximate surface area is 87.4 Å². The van der Waals surface area contributed by atoms with Crippen molar-refractivity contribution in [2.45, 2.75) is 33.7 Å². The molecule has 0 aromatic rings. The molecular formula is C10H21NO2S. The molecule has 0 spiro atoms. The second-order valence-electron chi connectivity index (χ2n) is 5.23. The number of sulfone groups is 1. The fraction of sp³-hybridized carbons (Fsp3) is 1.00. The van der Waals surface area contributed by atoms with Crippen LogP contribution in [0.15, 0.2) is 0 Å². The zero-order valence-corrected chi connectivity index (χ0v) is 10.4. The summed E-state index contributed by atoms with van der Waals surface area (Å²) in [5, 5.41) is 0. The number of nitrogens with zero attached hydrogens (tertiary/aromatic N) is 1. The Morgan fingerprint density at radius 3 is 1.93 bits per heavy atom. The van der Waals surface area contributed by atoms with Crippen molar-refractivity contribution in [1.82, 2.24) is 4.90 Å². The molecule has 0 N–H and O–H groups in total. The molecule has 84 valence electrons. The van der Waals surface area contributed by atoms with Crippen LogP contribution in [0.25, 0.3) is 0 Å².